The molecular formula is C16H12BrClN2O. The maximum absolute atomic E-state index is 9.98. The van der Waals surface area contributed by atoms with Crippen molar-refractivity contribution in [3.63, 3.8) is 0 Å². The van der Waals surface area contributed by atoms with Crippen molar-refractivity contribution in [2.24, 2.45) is 4.99 Å². The molecule has 0 aliphatic heterocycles. The number of benzene rings is 2. The number of hydrogen-bond acceptors (Lipinski definition) is 2. The Kier molecular flexibility index (Phi) is 3.99. The molecule has 21 heavy (non-hydrogen) atoms. The van der Waals surface area contributed by atoms with Crippen molar-refractivity contribution in [2.75, 3.05) is 0 Å². The summed E-state index contributed by atoms with van der Waals surface area (Å²) in [6, 6.07) is 13.3. The normalized spacial score (nSPS) is 11.5. The highest BCUT2D eigenvalue weighted by Gasteiger charge is 2.08. The van der Waals surface area contributed by atoms with E-state index in [4.69, 9.17) is 11.6 Å². The Bertz CT molecular complexity index is 809. The van der Waals surface area contributed by atoms with Crippen LogP contribution in [-0.2, 0) is 6.54 Å². The summed E-state index contributed by atoms with van der Waals surface area (Å²) in [5.41, 5.74) is 2.64. The van der Waals surface area contributed by atoms with Crippen molar-refractivity contribution in [3.05, 3.63) is 63.1 Å². The second-order valence-electron chi connectivity index (χ2n) is 4.67. The first-order chi connectivity index (χ1) is 10.1. The molecule has 1 aromatic heterocycles. The standard InChI is InChI=1S/C16H12BrClN2O/c17-11-3-6-15-13(7-11)14(16(21)20-15)9-19-8-10-1-4-12(18)5-2-10/h1-7,9,20-21H,8H2. The summed E-state index contributed by atoms with van der Waals surface area (Å²) in [5, 5.41) is 11.6. The lowest BCUT2D eigenvalue weighted by molar-refractivity contribution is 0.457. The molecule has 3 nitrogen and oxygen atoms in total. The molecule has 0 aliphatic carbocycles. The summed E-state index contributed by atoms with van der Waals surface area (Å²) in [6.07, 6.45) is 1.69. The number of fused-ring (bicyclic) bond motifs is 1. The highest BCUT2D eigenvalue weighted by molar-refractivity contribution is 9.10. The lowest BCUT2D eigenvalue weighted by Gasteiger charge is -1.97. The summed E-state index contributed by atoms with van der Waals surface area (Å²) < 4.78 is 0.960. The monoisotopic (exact) mass is 362 g/mol. The highest BCUT2D eigenvalue weighted by Crippen LogP contribution is 2.28. The van der Waals surface area contributed by atoms with Crippen LogP contribution < -0.4 is 0 Å². The first-order valence-electron chi connectivity index (χ1n) is 6.38. The number of aromatic hydroxyl groups is 1. The van der Waals surface area contributed by atoms with Gasteiger partial charge in [-0.25, -0.2) is 0 Å². The van der Waals surface area contributed by atoms with E-state index >= 15 is 0 Å². The maximum Gasteiger partial charge on any atom is 0.198 e. The van der Waals surface area contributed by atoms with Crippen molar-refractivity contribution >= 4 is 44.6 Å². The van der Waals surface area contributed by atoms with Crippen LogP contribution in [-0.4, -0.2) is 16.3 Å². The number of nitrogens with zero attached hydrogens (tertiary/aromatic N) is 1. The van der Waals surface area contributed by atoms with Gasteiger partial charge in [-0.15, -0.1) is 0 Å². The van der Waals surface area contributed by atoms with Gasteiger partial charge in [-0.05, 0) is 35.9 Å². The third kappa shape index (κ3) is 3.12. The fourth-order valence-corrected chi connectivity index (χ4v) is 2.62. The Morgan fingerprint density at radius 1 is 1.19 bits per heavy atom. The average molecular weight is 364 g/mol. The van der Waals surface area contributed by atoms with Crippen molar-refractivity contribution in [3.8, 4) is 5.88 Å². The largest absolute Gasteiger partial charge is 0.494 e. The number of rotatable bonds is 3. The quantitative estimate of drug-likeness (QED) is 0.638. The molecule has 3 rings (SSSR count). The molecule has 3 aromatic rings. The van der Waals surface area contributed by atoms with Crippen molar-refractivity contribution < 1.29 is 5.11 Å². The number of hydrogen-bond donors (Lipinski definition) is 2. The summed E-state index contributed by atoms with van der Waals surface area (Å²) in [5.74, 6) is 0.128. The van der Waals surface area contributed by atoms with Gasteiger partial charge in [-0.2, -0.15) is 0 Å². The van der Waals surface area contributed by atoms with Crippen LogP contribution >= 0.6 is 27.5 Å². The van der Waals surface area contributed by atoms with Crippen LogP contribution in [0.4, 0.5) is 0 Å². The zero-order valence-corrected chi connectivity index (χ0v) is 13.3. The van der Waals surface area contributed by atoms with Crippen LogP contribution in [0.5, 0.6) is 5.88 Å². The number of aliphatic imine (C=N–C) groups is 1. The second kappa shape index (κ2) is 5.92. The summed E-state index contributed by atoms with van der Waals surface area (Å²) in [6.45, 7) is 0.539. The Labute approximate surface area is 135 Å². The van der Waals surface area contributed by atoms with E-state index in [1.54, 1.807) is 6.21 Å². The van der Waals surface area contributed by atoms with Gasteiger partial charge in [0.1, 0.15) is 0 Å². The molecule has 106 valence electrons. The van der Waals surface area contributed by atoms with Crippen LogP contribution in [0.1, 0.15) is 11.1 Å². The van der Waals surface area contributed by atoms with Gasteiger partial charge < -0.3 is 10.1 Å². The minimum absolute atomic E-state index is 0.128. The SMILES string of the molecule is Oc1[nH]c2ccc(Br)cc2c1C=NCc1ccc(Cl)cc1. The molecule has 0 saturated heterocycles. The third-order valence-corrected chi connectivity index (χ3v) is 3.93. The van der Waals surface area contributed by atoms with Gasteiger partial charge in [0.15, 0.2) is 5.88 Å². The van der Waals surface area contributed by atoms with Gasteiger partial charge in [0.25, 0.3) is 0 Å². The second-order valence-corrected chi connectivity index (χ2v) is 6.03. The van der Waals surface area contributed by atoms with Crippen LogP contribution in [0.25, 0.3) is 10.9 Å². The van der Waals surface area contributed by atoms with Crippen molar-refractivity contribution in [1.82, 2.24) is 4.98 Å². The Balaban J connectivity index is 1.87. The first kappa shape index (κ1) is 14.2. The number of aromatic nitrogens is 1. The van der Waals surface area contributed by atoms with E-state index in [9.17, 15) is 5.11 Å². The number of halogens is 2. The van der Waals surface area contributed by atoms with E-state index in [1.807, 2.05) is 42.5 Å². The molecule has 0 spiro atoms. The third-order valence-electron chi connectivity index (χ3n) is 3.19. The van der Waals surface area contributed by atoms with E-state index < -0.39 is 0 Å². The van der Waals surface area contributed by atoms with Crippen LogP contribution in [0.3, 0.4) is 0 Å². The zero-order valence-electron chi connectivity index (χ0n) is 11.0. The summed E-state index contributed by atoms with van der Waals surface area (Å²) in [7, 11) is 0. The maximum atomic E-state index is 9.98. The summed E-state index contributed by atoms with van der Waals surface area (Å²) >= 11 is 9.28. The highest BCUT2D eigenvalue weighted by atomic mass is 79.9. The predicted molar refractivity (Wildman–Crippen MR) is 90.4 cm³/mol. The van der Waals surface area contributed by atoms with Gasteiger partial charge in [0.05, 0.1) is 12.1 Å². The predicted octanol–water partition coefficient (Wildman–Crippen LogP) is 4.91. The number of nitrogens with one attached hydrogen (secondary N) is 1. The van der Waals surface area contributed by atoms with E-state index in [0.717, 1.165) is 20.9 Å². The van der Waals surface area contributed by atoms with Gasteiger partial charge in [0.2, 0.25) is 0 Å². The molecule has 0 radical (unpaired) electrons. The molecule has 0 amide bonds. The van der Waals surface area contributed by atoms with Crippen LogP contribution in [0.15, 0.2) is 51.9 Å². The van der Waals surface area contributed by atoms with E-state index in [-0.39, 0.29) is 5.88 Å². The van der Waals surface area contributed by atoms with Gasteiger partial charge in [-0.1, -0.05) is 39.7 Å². The molecule has 0 aliphatic rings. The lowest BCUT2D eigenvalue weighted by Crippen LogP contribution is -1.84. The Hall–Kier alpha value is -1.78. The Morgan fingerprint density at radius 3 is 2.71 bits per heavy atom. The number of aromatic amines is 1. The fourth-order valence-electron chi connectivity index (χ4n) is 2.13. The zero-order chi connectivity index (χ0) is 14.8. The van der Waals surface area contributed by atoms with Gasteiger partial charge in [0, 0.05) is 26.6 Å². The molecule has 0 unspecified atom stereocenters. The molecule has 0 fully saturated rings. The molecule has 0 bridgehead atoms. The molecule has 5 heteroatoms. The molecule has 0 atom stereocenters. The van der Waals surface area contributed by atoms with E-state index in [0.29, 0.717) is 17.1 Å². The summed E-state index contributed by atoms with van der Waals surface area (Å²) in [4.78, 5) is 7.33. The molecule has 0 saturated carbocycles. The fraction of sp³-hybridized carbons (Fsp3) is 0.0625. The molecular weight excluding hydrogens is 352 g/mol. The lowest BCUT2D eigenvalue weighted by atomic mass is 10.2. The molecule has 2 aromatic carbocycles. The number of H-pyrrole nitrogens is 1. The smallest absolute Gasteiger partial charge is 0.198 e. The van der Waals surface area contributed by atoms with Crippen molar-refractivity contribution in [2.45, 2.75) is 6.54 Å². The Morgan fingerprint density at radius 2 is 1.95 bits per heavy atom. The first-order valence-corrected chi connectivity index (χ1v) is 7.55. The van der Waals surface area contributed by atoms with Crippen molar-refractivity contribution in [1.29, 1.82) is 0 Å². The van der Waals surface area contributed by atoms with E-state index in [1.165, 1.54) is 0 Å². The van der Waals surface area contributed by atoms with Gasteiger partial charge in [-0.3, -0.25) is 4.99 Å². The molecule has 2 N–H and O–H groups in total. The van der Waals surface area contributed by atoms with Crippen LogP contribution in [0.2, 0.25) is 5.02 Å². The van der Waals surface area contributed by atoms with Gasteiger partial charge >= 0.3 is 0 Å². The minimum atomic E-state index is 0.128. The van der Waals surface area contributed by atoms with E-state index in [2.05, 4.69) is 25.9 Å². The average Bonchev–Trinajstić information content (AvgIpc) is 2.77. The van der Waals surface area contributed by atoms with Crippen LogP contribution in [0, 0.1) is 0 Å². The topological polar surface area (TPSA) is 48.4 Å². The minimum Gasteiger partial charge on any atom is -0.494 e. The molecule has 1 heterocycles.